The fourth-order valence-corrected chi connectivity index (χ4v) is 58.3. The highest BCUT2D eigenvalue weighted by molar-refractivity contribution is 7.06. The predicted molar refractivity (Wildman–Crippen MR) is 142 cm³/mol. The van der Waals surface area contributed by atoms with Crippen LogP contribution < -0.4 is 0 Å². The van der Waals surface area contributed by atoms with Gasteiger partial charge in [0.05, 0.1) is 0 Å². The summed E-state index contributed by atoms with van der Waals surface area (Å²) in [5.74, 6) is 0. The average molecular weight is 465 g/mol. The van der Waals surface area contributed by atoms with Crippen molar-refractivity contribution >= 4 is 49.4 Å². The number of hydrogen-bond acceptors (Lipinski definition) is 2. The fraction of sp³-hybridized carbons (Fsp3) is 1.00. The molecule has 0 N–H and O–H groups in total. The third-order valence-corrected chi connectivity index (χ3v) is 39.8. The summed E-state index contributed by atoms with van der Waals surface area (Å²) in [4.78, 5) is 0. The summed E-state index contributed by atoms with van der Waals surface area (Å²) in [5, 5.41) is 0. The molecule has 0 saturated carbocycles. The third-order valence-electron chi connectivity index (χ3n) is 5.24. The monoisotopic (exact) mass is 464 g/mol. The van der Waals surface area contributed by atoms with Crippen LogP contribution in [0.25, 0.3) is 0 Å². The molecule has 0 radical (unpaired) electrons. The fourth-order valence-electron chi connectivity index (χ4n) is 6.48. The third kappa shape index (κ3) is 7.57. The lowest BCUT2D eigenvalue weighted by atomic mass is 10.9. The SMILES string of the molecule is C[Si](C)(C)N([Si](C)(C)C)[Si](C)(C)CC[Si](C)(C)N([Si](C)(C)C)[Si](C)(C)C. The molecule has 0 aliphatic rings. The van der Waals surface area contributed by atoms with E-state index in [-0.39, 0.29) is 0 Å². The minimum atomic E-state index is -1.38. The first-order valence-electron chi connectivity index (χ1n) is 10.5. The minimum Gasteiger partial charge on any atom is -0.369 e. The summed E-state index contributed by atoms with van der Waals surface area (Å²) < 4.78 is 6.34. The highest BCUT2D eigenvalue weighted by Crippen LogP contribution is 2.36. The lowest BCUT2D eigenvalue weighted by molar-refractivity contribution is 0.850. The zero-order valence-corrected chi connectivity index (χ0v) is 27.3. The van der Waals surface area contributed by atoms with Crippen molar-refractivity contribution in [1.82, 2.24) is 7.79 Å². The lowest BCUT2D eigenvalue weighted by Crippen LogP contribution is -2.72. The summed E-state index contributed by atoms with van der Waals surface area (Å²) in [7, 11) is -7.88. The van der Waals surface area contributed by atoms with Crippen molar-refractivity contribution in [3.63, 3.8) is 0 Å². The molecule has 0 amide bonds. The molecule has 0 unspecified atom stereocenters. The summed E-state index contributed by atoms with van der Waals surface area (Å²) in [6, 6.07) is 2.98. The molecule has 0 aromatic rings. The highest BCUT2D eigenvalue weighted by atomic mass is 28.5. The van der Waals surface area contributed by atoms with Crippen LogP contribution in [0, 0.1) is 0 Å². The van der Waals surface area contributed by atoms with Gasteiger partial charge in [0.1, 0.15) is 49.4 Å². The van der Waals surface area contributed by atoms with Crippen LogP contribution in [0.1, 0.15) is 0 Å². The van der Waals surface area contributed by atoms with Crippen LogP contribution in [0.3, 0.4) is 0 Å². The van der Waals surface area contributed by atoms with E-state index in [1.165, 1.54) is 12.1 Å². The van der Waals surface area contributed by atoms with Crippen molar-refractivity contribution in [2.24, 2.45) is 0 Å². The van der Waals surface area contributed by atoms with Crippen LogP contribution >= 0.6 is 0 Å². The summed E-state index contributed by atoms with van der Waals surface area (Å²) in [5.41, 5.74) is 0. The molecule has 158 valence electrons. The van der Waals surface area contributed by atoms with E-state index in [1.807, 2.05) is 0 Å². The maximum atomic E-state index is 3.17. The Morgan fingerprint density at radius 3 is 0.615 bits per heavy atom. The lowest BCUT2D eigenvalue weighted by Gasteiger charge is -2.56. The molecule has 0 bridgehead atoms. The van der Waals surface area contributed by atoms with E-state index in [9.17, 15) is 0 Å². The molecule has 0 rings (SSSR count). The molecule has 0 heterocycles. The second kappa shape index (κ2) is 8.16. The quantitative estimate of drug-likeness (QED) is 0.329. The molecule has 0 atom stereocenters. The predicted octanol–water partition coefficient (Wildman–Crippen LogP) is 7.34. The molecule has 2 nitrogen and oxygen atoms in total. The van der Waals surface area contributed by atoms with Crippen molar-refractivity contribution in [3.8, 4) is 0 Å². The maximum absolute atomic E-state index is 3.17. The van der Waals surface area contributed by atoms with E-state index >= 15 is 0 Å². The van der Waals surface area contributed by atoms with Crippen LogP contribution in [-0.4, -0.2) is 57.2 Å². The van der Waals surface area contributed by atoms with Gasteiger partial charge in [-0.25, -0.2) is 0 Å². The second-order valence-corrected chi connectivity index (χ2v) is 44.5. The van der Waals surface area contributed by atoms with Crippen LogP contribution in [0.15, 0.2) is 0 Å². The Hall–Kier alpha value is 1.22. The van der Waals surface area contributed by atoms with Crippen LogP contribution in [0.4, 0.5) is 0 Å². The van der Waals surface area contributed by atoms with Gasteiger partial charge >= 0.3 is 0 Å². The van der Waals surface area contributed by atoms with Crippen LogP contribution in [0.2, 0.25) is 117 Å². The van der Waals surface area contributed by atoms with Gasteiger partial charge in [0.2, 0.25) is 0 Å². The molecule has 0 fully saturated rings. The Morgan fingerprint density at radius 1 is 0.346 bits per heavy atom. The topological polar surface area (TPSA) is 6.48 Å². The Kier molecular flexibility index (Phi) is 8.54. The van der Waals surface area contributed by atoms with Gasteiger partial charge in [-0.15, -0.1) is 0 Å². The van der Waals surface area contributed by atoms with Gasteiger partial charge in [-0.3, -0.25) is 0 Å². The van der Waals surface area contributed by atoms with Gasteiger partial charge in [0.25, 0.3) is 0 Å². The normalized spacial score (nSPS) is 15.9. The number of nitrogens with zero attached hydrogens (tertiary/aromatic N) is 2. The molecule has 26 heavy (non-hydrogen) atoms. The van der Waals surface area contributed by atoms with Gasteiger partial charge in [-0.1, -0.05) is 105 Å². The molecule has 8 heteroatoms. The largest absolute Gasteiger partial charge is 0.369 e. The first kappa shape index (κ1) is 27.2. The molecular weight excluding hydrogens is 413 g/mol. The van der Waals surface area contributed by atoms with Crippen molar-refractivity contribution in [3.05, 3.63) is 0 Å². The Labute approximate surface area is 173 Å². The van der Waals surface area contributed by atoms with E-state index in [0.29, 0.717) is 0 Å². The van der Waals surface area contributed by atoms with Gasteiger partial charge in [-0.05, 0) is 12.1 Å². The molecule has 0 saturated heterocycles. The highest BCUT2D eigenvalue weighted by Gasteiger charge is 2.48. The first-order valence-corrected chi connectivity index (χ1v) is 30.6. The summed E-state index contributed by atoms with van der Waals surface area (Å²) in [6.45, 7) is 41.7. The summed E-state index contributed by atoms with van der Waals surface area (Å²) >= 11 is 0. The van der Waals surface area contributed by atoms with Gasteiger partial charge in [-0.2, -0.15) is 0 Å². The molecule has 0 aliphatic heterocycles. The zero-order valence-electron chi connectivity index (χ0n) is 21.3. The average Bonchev–Trinajstić information content (AvgIpc) is 2.15. The number of rotatable bonds is 9. The standard InChI is InChI=1S/C18H52N2Si6/c1-21(2,3)19(22(4,5)6)25(13,14)17-18-26(15,16)20(23(7,8)9)24(10,11)12/h17-18H2,1-16H3. The smallest absolute Gasteiger partial charge is 0.108 e. The number of hydrogen-bond donors (Lipinski definition) is 0. The van der Waals surface area contributed by atoms with Crippen LogP contribution in [-0.2, 0) is 0 Å². The maximum Gasteiger partial charge on any atom is 0.108 e. The van der Waals surface area contributed by atoms with Crippen molar-refractivity contribution in [2.45, 2.75) is 117 Å². The molecule has 0 aromatic heterocycles. The molecule has 0 spiro atoms. The van der Waals surface area contributed by atoms with Crippen molar-refractivity contribution in [1.29, 1.82) is 0 Å². The second-order valence-electron chi connectivity index (χ2n) is 13.5. The van der Waals surface area contributed by atoms with Crippen molar-refractivity contribution in [2.75, 3.05) is 0 Å². The van der Waals surface area contributed by atoms with E-state index in [1.54, 1.807) is 0 Å². The zero-order chi connectivity index (χ0) is 21.6. The van der Waals surface area contributed by atoms with Gasteiger partial charge < -0.3 is 7.79 Å². The van der Waals surface area contributed by atoms with E-state index in [0.717, 1.165) is 0 Å². The van der Waals surface area contributed by atoms with E-state index in [4.69, 9.17) is 0 Å². The van der Waals surface area contributed by atoms with Gasteiger partial charge in [0.15, 0.2) is 0 Å². The van der Waals surface area contributed by atoms with Crippen molar-refractivity contribution < 1.29 is 0 Å². The Morgan fingerprint density at radius 2 is 0.500 bits per heavy atom. The summed E-state index contributed by atoms with van der Waals surface area (Å²) in [6.07, 6.45) is 0. The van der Waals surface area contributed by atoms with Gasteiger partial charge in [0, 0.05) is 0 Å². The Balaban J connectivity index is 5.71. The molecule has 0 aromatic carbocycles. The van der Waals surface area contributed by atoms with E-state index in [2.05, 4.69) is 113 Å². The first-order chi connectivity index (χ1) is 10.9. The van der Waals surface area contributed by atoms with E-state index < -0.39 is 49.4 Å². The minimum absolute atomic E-state index is 1.28. The molecular formula is C18H52N2Si6. The Bertz CT molecular complexity index is 392. The molecule has 0 aliphatic carbocycles. The van der Waals surface area contributed by atoms with Crippen LogP contribution in [0.5, 0.6) is 0 Å².